The smallest absolute Gasteiger partial charge is 0.356 e. The fraction of sp³-hybridized carbons (Fsp3) is 0.429. The maximum Gasteiger partial charge on any atom is 0.356 e. The van der Waals surface area contributed by atoms with Crippen molar-refractivity contribution in [1.29, 1.82) is 5.26 Å². The number of aryl methyl sites for hydroxylation is 2. The molecule has 0 radical (unpaired) electrons. The van der Waals surface area contributed by atoms with Crippen molar-refractivity contribution in [1.82, 2.24) is 24.6 Å². The summed E-state index contributed by atoms with van der Waals surface area (Å²) in [5.74, 6) is 0.262. The Morgan fingerprint density at radius 3 is 2.38 bits per heavy atom. The predicted molar refractivity (Wildman–Crippen MR) is 186 cm³/mol. The van der Waals surface area contributed by atoms with Crippen LogP contribution in [0.15, 0.2) is 47.4 Å². The van der Waals surface area contributed by atoms with E-state index in [0.29, 0.717) is 17.2 Å². The number of benzene rings is 1. The molecule has 1 N–H and O–H groups in total. The summed E-state index contributed by atoms with van der Waals surface area (Å²) >= 11 is 0. The molecule has 0 aliphatic carbocycles. The van der Waals surface area contributed by atoms with Gasteiger partial charge in [0.25, 0.3) is 5.56 Å². The lowest BCUT2D eigenvalue weighted by molar-refractivity contribution is 0.0689. The van der Waals surface area contributed by atoms with Gasteiger partial charge in [0.1, 0.15) is 11.8 Å². The molecule has 7 rings (SSSR count). The van der Waals surface area contributed by atoms with Crippen LogP contribution in [0, 0.1) is 24.2 Å². The number of hydrogen-bond donors (Lipinski definition) is 1. The van der Waals surface area contributed by atoms with E-state index >= 15 is 0 Å². The number of aromatic nitrogens is 4. The average molecular weight is 649 g/mol. The summed E-state index contributed by atoms with van der Waals surface area (Å²) < 4.78 is 1.76. The molecule has 248 valence electrons. The van der Waals surface area contributed by atoms with E-state index in [0.717, 1.165) is 111 Å². The van der Waals surface area contributed by atoms with Gasteiger partial charge in [-0.3, -0.25) is 9.69 Å². The number of likely N-dealkylation sites (N-methyl/N-ethyl adjacent to an activating group) is 1. The highest BCUT2D eigenvalue weighted by Crippen LogP contribution is 2.42. The number of anilines is 5. The Morgan fingerprint density at radius 1 is 0.917 bits per heavy atom. The van der Waals surface area contributed by atoms with Crippen LogP contribution in [-0.2, 0) is 7.05 Å². The van der Waals surface area contributed by atoms with Crippen LogP contribution < -0.4 is 25.2 Å². The topological polar surface area (TPSA) is 138 Å². The number of fused-ring (bicyclic) bond motifs is 2. The van der Waals surface area contributed by atoms with Gasteiger partial charge in [0.05, 0.1) is 28.8 Å². The van der Waals surface area contributed by atoms with Crippen molar-refractivity contribution in [3.8, 4) is 6.07 Å². The monoisotopic (exact) mass is 648 g/mol. The zero-order valence-corrected chi connectivity index (χ0v) is 27.6. The van der Waals surface area contributed by atoms with E-state index in [1.54, 1.807) is 16.8 Å². The molecule has 0 bridgehead atoms. The van der Waals surface area contributed by atoms with Gasteiger partial charge < -0.3 is 29.3 Å². The van der Waals surface area contributed by atoms with E-state index in [1.165, 1.54) is 6.07 Å². The molecular formula is C35H40N10O3. The molecule has 0 atom stereocenters. The van der Waals surface area contributed by atoms with Crippen molar-refractivity contribution in [2.45, 2.75) is 19.8 Å². The minimum atomic E-state index is -1.07. The quantitative estimate of drug-likeness (QED) is 0.329. The van der Waals surface area contributed by atoms with Gasteiger partial charge in [0.15, 0.2) is 11.5 Å². The Hall–Kier alpha value is -5.22. The molecule has 2 saturated heterocycles. The van der Waals surface area contributed by atoms with E-state index in [4.69, 9.17) is 5.11 Å². The van der Waals surface area contributed by atoms with Gasteiger partial charge in [-0.05, 0) is 56.0 Å². The number of carbonyl (C=O) groups is 1. The molecule has 3 aliphatic heterocycles. The summed E-state index contributed by atoms with van der Waals surface area (Å²) in [5.41, 5.74) is 6.02. The first-order chi connectivity index (χ1) is 23.2. The lowest BCUT2D eigenvalue weighted by atomic mass is 9.96. The van der Waals surface area contributed by atoms with Gasteiger partial charge in [-0.15, -0.1) is 10.2 Å². The highest BCUT2D eigenvalue weighted by molar-refractivity contribution is 5.99. The van der Waals surface area contributed by atoms with Crippen molar-refractivity contribution in [3.63, 3.8) is 0 Å². The lowest BCUT2D eigenvalue weighted by Gasteiger charge is -2.40. The van der Waals surface area contributed by atoms with Crippen LogP contribution in [0.3, 0.4) is 0 Å². The first kappa shape index (κ1) is 31.4. The van der Waals surface area contributed by atoms with Crippen molar-refractivity contribution >= 4 is 45.4 Å². The molecule has 48 heavy (non-hydrogen) atoms. The molecule has 3 aromatic heterocycles. The number of piperazine rings is 1. The summed E-state index contributed by atoms with van der Waals surface area (Å²) in [6, 6.07) is 13.7. The summed E-state index contributed by atoms with van der Waals surface area (Å²) in [6.45, 7) is 9.93. The van der Waals surface area contributed by atoms with E-state index in [2.05, 4.69) is 57.9 Å². The number of piperidine rings is 1. The van der Waals surface area contributed by atoms with Crippen molar-refractivity contribution in [2.24, 2.45) is 13.0 Å². The standard InChI is InChI=1S/C35H40N10O3/c1-23-16-27-29(41(3)34(23)46)18-26(19-30(27)45-15-10-40(2)31-17-25(20-36)37-21-32(31)45)43-13-11-42(12-14-43)22-24-6-8-44(9-7-24)33-5-4-28(35(47)48)38-39-33/h4-5,16-19,21,24H,6-15,22H2,1-3H3,(H,47,48). The van der Waals surface area contributed by atoms with Gasteiger partial charge >= 0.3 is 5.97 Å². The van der Waals surface area contributed by atoms with E-state index in [-0.39, 0.29) is 11.3 Å². The Balaban J connectivity index is 1.08. The Bertz CT molecular complexity index is 1950. The fourth-order valence-corrected chi connectivity index (χ4v) is 7.35. The maximum absolute atomic E-state index is 13.1. The highest BCUT2D eigenvalue weighted by atomic mass is 16.4. The minimum absolute atomic E-state index is 0.00453. The number of nitrogens with zero attached hydrogens (tertiary/aromatic N) is 10. The van der Waals surface area contributed by atoms with Crippen molar-refractivity contribution < 1.29 is 9.90 Å². The molecule has 0 unspecified atom stereocenters. The molecule has 1 aromatic carbocycles. The van der Waals surface area contributed by atoms with Gasteiger partial charge in [-0.25, -0.2) is 9.78 Å². The SMILES string of the molecule is Cc1cc2c(N3CCN(C)c4cc(C#N)ncc43)cc(N3CCN(CC4CCN(c5ccc(C(=O)O)nn5)CC4)CC3)cc2n(C)c1=O. The second-order valence-corrected chi connectivity index (χ2v) is 13.1. The number of rotatable bonds is 6. The molecular weight excluding hydrogens is 608 g/mol. The average Bonchev–Trinajstić information content (AvgIpc) is 3.11. The molecule has 3 aliphatic rings. The second kappa shape index (κ2) is 12.8. The number of carboxylic acids is 1. The summed E-state index contributed by atoms with van der Waals surface area (Å²) in [7, 11) is 3.89. The summed E-state index contributed by atoms with van der Waals surface area (Å²) in [4.78, 5) is 40.3. The maximum atomic E-state index is 13.1. The second-order valence-electron chi connectivity index (χ2n) is 13.1. The molecule has 4 aromatic rings. The molecule has 0 spiro atoms. The van der Waals surface area contributed by atoms with Crippen LogP contribution in [-0.4, -0.2) is 102 Å². The predicted octanol–water partition coefficient (Wildman–Crippen LogP) is 3.23. The Morgan fingerprint density at radius 2 is 1.69 bits per heavy atom. The van der Waals surface area contributed by atoms with Crippen LogP contribution in [0.1, 0.15) is 34.6 Å². The number of pyridine rings is 2. The Labute approximate surface area is 279 Å². The minimum Gasteiger partial charge on any atom is -0.476 e. The Kier molecular flexibility index (Phi) is 8.35. The van der Waals surface area contributed by atoms with E-state index in [1.807, 2.05) is 33.2 Å². The van der Waals surface area contributed by atoms with Crippen LogP contribution in [0.5, 0.6) is 0 Å². The normalized spacial score (nSPS) is 17.5. The van der Waals surface area contributed by atoms with Crippen molar-refractivity contribution in [3.05, 3.63) is 69.9 Å². The van der Waals surface area contributed by atoms with E-state index < -0.39 is 5.97 Å². The largest absolute Gasteiger partial charge is 0.476 e. The lowest BCUT2D eigenvalue weighted by Crippen LogP contribution is -2.49. The van der Waals surface area contributed by atoms with E-state index in [9.17, 15) is 14.9 Å². The molecule has 0 amide bonds. The van der Waals surface area contributed by atoms with Gasteiger partial charge in [-0.1, -0.05) is 0 Å². The first-order valence-corrected chi connectivity index (χ1v) is 16.5. The first-order valence-electron chi connectivity index (χ1n) is 16.5. The number of carboxylic acid groups (broad SMARTS) is 1. The molecule has 0 saturated carbocycles. The highest BCUT2D eigenvalue weighted by Gasteiger charge is 2.28. The third kappa shape index (κ3) is 5.88. The fourth-order valence-electron chi connectivity index (χ4n) is 7.35. The van der Waals surface area contributed by atoms with Crippen LogP contribution >= 0.6 is 0 Å². The zero-order valence-electron chi connectivity index (χ0n) is 27.6. The summed E-state index contributed by atoms with van der Waals surface area (Å²) in [5, 5.41) is 27.6. The third-order valence-electron chi connectivity index (χ3n) is 10.2. The summed E-state index contributed by atoms with van der Waals surface area (Å²) in [6.07, 6.45) is 3.91. The van der Waals surface area contributed by atoms with Crippen LogP contribution in [0.2, 0.25) is 0 Å². The molecule has 6 heterocycles. The number of aromatic carboxylic acids is 1. The number of hydrogen-bond acceptors (Lipinski definition) is 11. The van der Waals surface area contributed by atoms with Crippen LogP contribution in [0.25, 0.3) is 10.9 Å². The van der Waals surface area contributed by atoms with Gasteiger partial charge in [0.2, 0.25) is 0 Å². The van der Waals surface area contributed by atoms with Gasteiger partial charge in [-0.2, -0.15) is 5.26 Å². The number of nitriles is 1. The molecule has 13 heteroatoms. The third-order valence-corrected chi connectivity index (χ3v) is 10.2. The zero-order chi connectivity index (χ0) is 33.5. The van der Waals surface area contributed by atoms with Crippen LogP contribution in [0.4, 0.5) is 28.6 Å². The van der Waals surface area contributed by atoms with Gasteiger partial charge in [0, 0.05) is 95.7 Å². The molecule has 2 fully saturated rings. The molecule has 13 nitrogen and oxygen atoms in total. The van der Waals surface area contributed by atoms with Crippen molar-refractivity contribution in [2.75, 3.05) is 85.6 Å².